The molecule has 0 aliphatic heterocycles. The fourth-order valence-electron chi connectivity index (χ4n) is 1.90. The van der Waals surface area contributed by atoms with Gasteiger partial charge in [-0.15, -0.1) is 0 Å². The van der Waals surface area contributed by atoms with Crippen molar-refractivity contribution in [2.24, 2.45) is 0 Å². The lowest BCUT2D eigenvalue weighted by Crippen LogP contribution is -2.37. The fourth-order valence-corrected chi connectivity index (χ4v) is 1.90. The summed E-state index contributed by atoms with van der Waals surface area (Å²) >= 11 is 0. The van der Waals surface area contributed by atoms with E-state index in [1.54, 1.807) is 0 Å². The molecular formula is C17H20N2O. The van der Waals surface area contributed by atoms with Crippen LogP contribution < -0.4 is 10.6 Å². The highest BCUT2D eigenvalue weighted by molar-refractivity contribution is 5.84. The molecule has 0 heterocycles. The van der Waals surface area contributed by atoms with Gasteiger partial charge in [0.25, 0.3) is 0 Å². The van der Waals surface area contributed by atoms with E-state index in [4.69, 9.17) is 0 Å². The SMILES string of the molecule is Cc1ccc(N[C@@H](C)C(=O)NCc2ccccc2)cc1. The fraction of sp³-hybridized carbons (Fsp3) is 0.235. The van der Waals surface area contributed by atoms with E-state index in [0.29, 0.717) is 6.54 Å². The van der Waals surface area contributed by atoms with E-state index in [1.807, 2.05) is 68.4 Å². The van der Waals surface area contributed by atoms with Crippen LogP contribution in [-0.4, -0.2) is 11.9 Å². The first-order valence-corrected chi connectivity index (χ1v) is 6.80. The van der Waals surface area contributed by atoms with Crippen molar-refractivity contribution >= 4 is 11.6 Å². The molecule has 0 saturated carbocycles. The molecule has 20 heavy (non-hydrogen) atoms. The minimum Gasteiger partial charge on any atom is -0.374 e. The quantitative estimate of drug-likeness (QED) is 0.875. The number of carbonyl (C=O) groups is 1. The van der Waals surface area contributed by atoms with Crippen LogP contribution in [0, 0.1) is 6.92 Å². The van der Waals surface area contributed by atoms with Crippen LogP contribution in [-0.2, 0) is 11.3 Å². The van der Waals surface area contributed by atoms with Gasteiger partial charge in [0, 0.05) is 12.2 Å². The Morgan fingerprint density at radius 2 is 1.70 bits per heavy atom. The largest absolute Gasteiger partial charge is 0.374 e. The third kappa shape index (κ3) is 4.12. The predicted octanol–water partition coefficient (Wildman–Crippen LogP) is 3.11. The van der Waals surface area contributed by atoms with Gasteiger partial charge in [-0.05, 0) is 31.5 Å². The summed E-state index contributed by atoms with van der Waals surface area (Å²) in [5.74, 6) is -0.00516. The number of carbonyl (C=O) groups excluding carboxylic acids is 1. The molecular weight excluding hydrogens is 248 g/mol. The first-order chi connectivity index (χ1) is 9.65. The van der Waals surface area contributed by atoms with Gasteiger partial charge in [0.15, 0.2) is 0 Å². The number of nitrogens with one attached hydrogen (secondary N) is 2. The summed E-state index contributed by atoms with van der Waals surface area (Å²) in [7, 11) is 0. The Bertz CT molecular complexity index is 549. The first kappa shape index (κ1) is 14.1. The number of rotatable bonds is 5. The van der Waals surface area contributed by atoms with Crippen molar-refractivity contribution in [3.63, 3.8) is 0 Å². The summed E-state index contributed by atoms with van der Waals surface area (Å²) in [4.78, 5) is 12.0. The predicted molar refractivity (Wildman–Crippen MR) is 82.6 cm³/mol. The average Bonchev–Trinajstić information content (AvgIpc) is 2.48. The summed E-state index contributed by atoms with van der Waals surface area (Å²) in [6, 6.07) is 17.6. The Labute approximate surface area is 120 Å². The van der Waals surface area contributed by atoms with Gasteiger partial charge in [-0.2, -0.15) is 0 Å². The monoisotopic (exact) mass is 268 g/mol. The molecule has 0 saturated heterocycles. The van der Waals surface area contributed by atoms with E-state index in [9.17, 15) is 4.79 Å². The highest BCUT2D eigenvalue weighted by atomic mass is 16.2. The Kier molecular flexibility index (Phi) is 4.77. The minimum absolute atomic E-state index is 0.00516. The topological polar surface area (TPSA) is 41.1 Å². The Balaban J connectivity index is 1.84. The van der Waals surface area contributed by atoms with Gasteiger partial charge in [0.1, 0.15) is 6.04 Å². The summed E-state index contributed by atoms with van der Waals surface area (Å²) in [6.07, 6.45) is 0. The van der Waals surface area contributed by atoms with Crippen molar-refractivity contribution < 1.29 is 4.79 Å². The van der Waals surface area contributed by atoms with Crippen LogP contribution in [0.5, 0.6) is 0 Å². The summed E-state index contributed by atoms with van der Waals surface area (Å²) in [5, 5.41) is 6.12. The summed E-state index contributed by atoms with van der Waals surface area (Å²) < 4.78 is 0. The second-order valence-electron chi connectivity index (χ2n) is 4.94. The van der Waals surface area contributed by atoms with Crippen LogP contribution in [0.15, 0.2) is 54.6 Å². The molecule has 0 bridgehead atoms. The maximum absolute atomic E-state index is 12.0. The number of hydrogen-bond acceptors (Lipinski definition) is 2. The van der Waals surface area contributed by atoms with E-state index in [1.165, 1.54) is 5.56 Å². The van der Waals surface area contributed by atoms with Gasteiger partial charge in [-0.3, -0.25) is 4.79 Å². The van der Waals surface area contributed by atoms with E-state index >= 15 is 0 Å². The van der Waals surface area contributed by atoms with E-state index in [-0.39, 0.29) is 11.9 Å². The molecule has 2 aromatic carbocycles. The molecule has 0 unspecified atom stereocenters. The molecule has 0 aliphatic rings. The van der Waals surface area contributed by atoms with E-state index in [0.717, 1.165) is 11.3 Å². The highest BCUT2D eigenvalue weighted by Crippen LogP contribution is 2.10. The Morgan fingerprint density at radius 3 is 2.35 bits per heavy atom. The van der Waals surface area contributed by atoms with E-state index in [2.05, 4.69) is 10.6 Å². The Hall–Kier alpha value is -2.29. The zero-order valence-corrected chi connectivity index (χ0v) is 11.9. The van der Waals surface area contributed by atoms with Crippen LogP contribution in [0.25, 0.3) is 0 Å². The number of benzene rings is 2. The van der Waals surface area contributed by atoms with Gasteiger partial charge in [-0.1, -0.05) is 48.0 Å². The summed E-state index contributed by atoms with van der Waals surface area (Å²) in [6.45, 7) is 4.46. The molecule has 104 valence electrons. The summed E-state index contributed by atoms with van der Waals surface area (Å²) in [5.41, 5.74) is 3.26. The van der Waals surface area contributed by atoms with Gasteiger partial charge in [-0.25, -0.2) is 0 Å². The number of aryl methyl sites for hydroxylation is 1. The van der Waals surface area contributed by atoms with Gasteiger partial charge >= 0.3 is 0 Å². The van der Waals surface area contributed by atoms with Crippen molar-refractivity contribution in [3.05, 3.63) is 65.7 Å². The van der Waals surface area contributed by atoms with Crippen molar-refractivity contribution in [3.8, 4) is 0 Å². The second-order valence-corrected chi connectivity index (χ2v) is 4.94. The molecule has 3 nitrogen and oxygen atoms in total. The highest BCUT2D eigenvalue weighted by Gasteiger charge is 2.11. The molecule has 2 rings (SSSR count). The zero-order valence-electron chi connectivity index (χ0n) is 11.9. The van der Waals surface area contributed by atoms with Gasteiger partial charge < -0.3 is 10.6 Å². The van der Waals surface area contributed by atoms with Crippen LogP contribution in [0.4, 0.5) is 5.69 Å². The van der Waals surface area contributed by atoms with Crippen molar-refractivity contribution in [1.29, 1.82) is 0 Å². The van der Waals surface area contributed by atoms with Crippen molar-refractivity contribution in [2.45, 2.75) is 26.4 Å². The normalized spacial score (nSPS) is 11.7. The van der Waals surface area contributed by atoms with Crippen LogP contribution in [0.3, 0.4) is 0 Å². The van der Waals surface area contributed by atoms with Crippen LogP contribution >= 0.6 is 0 Å². The van der Waals surface area contributed by atoms with E-state index < -0.39 is 0 Å². The van der Waals surface area contributed by atoms with Crippen LogP contribution in [0.1, 0.15) is 18.1 Å². The molecule has 3 heteroatoms. The number of hydrogen-bond donors (Lipinski definition) is 2. The van der Waals surface area contributed by atoms with Crippen molar-refractivity contribution in [1.82, 2.24) is 5.32 Å². The third-order valence-electron chi connectivity index (χ3n) is 3.14. The van der Waals surface area contributed by atoms with Crippen LogP contribution in [0.2, 0.25) is 0 Å². The lowest BCUT2D eigenvalue weighted by molar-refractivity contribution is -0.121. The molecule has 0 fully saturated rings. The molecule has 2 aromatic rings. The number of anilines is 1. The lowest BCUT2D eigenvalue weighted by Gasteiger charge is -2.15. The Morgan fingerprint density at radius 1 is 1.05 bits per heavy atom. The molecule has 0 spiro atoms. The minimum atomic E-state index is -0.263. The van der Waals surface area contributed by atoms with Gasteiger partial charge in [0.2, 0.25) is 5.91 Å². The molecule has 1 atom stereocenters. The smallest absolute Gasteiger partial charge is 0.242 e. The molecule has 0 radical (unpaired) electrons. The lowest BCUT2D eigenvalue weighted by atomic mass is 10.2. The maximum atomic E-state index is 12.0. The maximum Gasteiger partial charge on any atom is 0.242 e. The third-order valence-corrected chi connectivity index (χ3v) is 3.14. The molecule has 0 aromatic heterocycles. The zero-order chi connectivity index (χ0) is 14.4. The van der Waals surface area contributed by atoms with Crippen molar-refractivity contribution in [2.75, 3.05) is 5.32 Å². The second kappa shape index (κ2) is 6.75. The molecule has 0 aliphatic carbocycles. The average molecular weight is 268 g/mol. The van der Waals surface area contributed by atoms with Gasteiger partial charge in [0.05, 0.1) is 0 Å². The number of amides is 1. The molecule has 1 amide bonds. The standard InChI is InChI=1S/C17H20N2O/c1-13-8-10-16(11-9-13)19-14(2)17(20)18-12-15-6-4-3-5-7-15/h3-11,14,19H,12H2,1-2H3,(H,18,20)/t14-/m0/s1. The first-order valence-electron chi connectivity index (χ1n) is 6.80. The molecule has 2 N–H and O–H groups in total.